The van der Waals surface area contributed by atoms with Gasteiger partial charge in [0.1, 0.15) is 0 Å². The van der Waals surface area contributed by atoms with Crippen molar-refractivity contribution in [3.05, 3.63) is 53.3 Å². The van der Waals surface area contributed by atoms with E-state index in [1.54, 1.807) is 26.6 Å². The summed E-state index contributed by atoms with van der Waals surface area (Å²) in [7, 11) is 3.24. The molecule has 100 valence electrons. The van der Waals surface area contributed by atoms with Crippen molar-refractivity contribution in [2.24, 2.45) is 5.73 Å². The minimum absolute atomic E-state index is 0.228. The lowest BCUT2D eigenvalue weighted by Crippen LogP contribution is -2.13. The molecule has 4 heteroatoms. The summed E-state index contributed by atoms with van der Waals surface area (Å²) < 4.78 is 10.6. The van der Waals surface area contributed by atoms with Gasteiger partial charge < -0.3 is 15.2 Å². The first-order valence-corrected chi connectivity index (χ1v) is 6.05. The van der Waals surface area contributed by atoms with Crippen molar-refractivity contribution in [1.82, 2.24) is 4.98 Å². The quantitative estimate of drug-likeness (QED) is 0.915. The Labute approximate surface area is 113 Å². The summed E-state index contributed by atoms with van der Waals surface area (Å²) in [6.45, 7) is 2.01. The van der Waals surface area contributed by atoms with Crippen LogP contribution < -0.4 is 15.2 Å². The predicted octanol–water partition coefficient (Wildman–Crippen LogP) is 2.46. The number of aromatic nitrogens is 1. The molecule has 0 bridgehead atoms. The van der Waals surface area contributed by atoms with Gasteiger partial charge in [0.25, 0.3) is 0 Å². The molecular formula is C15H18N2O2. The average Bonchev–Trinajstić information content (AvgIpc) is 2.47. The molecule has 4 nitrogen and oxygen atoms in total. The largest absolute Gasteiger partial charge is 0.493 e. The highest BCUT2D eigenvalue weighted by molar-refractivity contribution is 5.49. The Balaban J connectivity index is 2.45. The average molecular weight is 258 g/mol. The molecule has 0 aliphatic carbocycles. The van der Waals surface area contributed by atoms with Crippen LogP contribution in [-0.4, -0.2) is 19.2 Å². The molecule has 0 aliphatic rings. The van der Waals surface area contributed by atoms with E-state index in [9.17, 15) is 0 Å². The Hall–Kier alpha value is -2.07. The summed E-state index contributed by atoms with van der Waals surface area (Å²) in [6.07, 6.45) is 3.51. The molecule has 0 saturated carbocycles. The maximum atomic E-state index is 6.30. The van der Waals surface area contributed by atoms with Gasteiger partial charge in [0.2, 0.25) is 0 Å². The lowest BCUT2D eigenvalue weighted by Gasteiger charge is -2.18. The van der Waals surface area contributed by atoms with Crippen LogP contribution in [0.5, 0.6) is 11.5 Å². The van der Waals surface area contributed by atoms with Crippen LogP contribution in [0.1, 0.15) is 22.7 Å². The maximum absolute atomic E-state index is 6.30. The fraction of sp³-hybridized carbons (Fsp3) is 0.267. The maximum Gasteiger partial charge on any atom is 0.161 e. The van der Waals surface area contributed by atoms with E-state index in [2.05, 4.69) is 4.98 Å². The molecule has 0 amide bonds. The zero-order chi connectivity index (χ0) is 13.8. The third-order valence-corrected chi connectivity index (χ3v) is 3.15. The molecule has 1 heterocycles. The normalized spacial score (nSPS) is 12.0. The molecule has 1 unspecified atom stereocenters. The molecular weight excluding hydrogens is 240 g/mol. The third-order valence-electron chi connectivity index (χ3n) is 3.15. The molecule has 1 atom stereocenters. The van der Waals surface area contributed by atoms with Crippen molar-refractivity contribution in [3.8, 4) is 11.5 Å². The topological polar surface area (TPSA) is 57.4 Å². The van der Waals surface area contributed by atoms with Gasteiger partial charge in [-0.3, -0.25) is 4.98 Å². The van der Waals surface area contributed by atoms with E-state index in [4.69, 9.17) is 15.2 Å². The van der Waals surface area contributed by atoms with Crippen LogP contribution in [0, 0.1) is 6.92 Å². The zero-order valence-electron chi connectivity index (χ0n) is 11.4. The minimum Gasteiger partial charge on any atom is -0.493 e. The molecule has 0 radical (unpaired) electrons. The molecule has 2 N–H and O–H groups in total. The second kappa shape index (κ2) is 5.71. The second-order valence-electron chi connectivity index (χ2n) is 4.33. The van der Waals surface area contributed by atoms with Gasteiger partial charge in [0.15, 0.2) is 11.5 Å². The summed E-state index contributed by atoms with van der Waals surface area (Å²) in [4.78, 5) is 4.10. The highest BCUT2D eigenvalue weighted by Gasteiger charge is 2.15. The smallest absolute Gasteiger partial charge is 0.161 e. The molecule has 0 fully saturated rings. The molecule has 0 spiro atoms. The number of hydrogen-bond donors (Lipinski definition) is 1. The number of nitrogens with zero attached hydrogens (tertiary/aromatic N) is 1. The zero-order valence-corrected chi connectivity index (χ0v) is 11.4. The Bertz CT molecular complexity index is 556. The second-order valence-corrected chi connectivity index (χ2v) is 4.33. The van der Waals surface area contributed by atoms with Crippen molar-refractivity contribution in [2.45, 2.75) is 13.0 Å². The number of aryl methyl sites for hydroxylation is 1. The van der Waals surface area contributed by atoms with Gasteiger partial charge in [-0.25, -0.2) is 0 Å². The Kier molecular flexibility index (Phi) is 4.02. The monoisotopic (exact) mass is 258 g/mol. The molecule has 0 saturated heterocycles. The molecule has 19 heavy (non-hydrogen) atoms. The number of hydrogen-bond acceptors (Lipinski definition) is 4. The van der Waals surface area contributed by atoms with E-state index in [1.165, 1.54) is 0 Å². The summed E-state index contributed by atoms with van der Waals surface area (Å²) in [5.74, 6) is 1.39. The van der Waals surface area contributed by atoms with E-state index in [-0.39, 0.29) is 6.04 Å². The Morgan fingerprint density at radius 1 is 1.16 bits per heavy atom. The summed E-state index contributed by atoms with van der Waals surface area (Å²) in [6, 6.07) is 7.48. The molecule has 2 rings (SSSR count). The fourth-order valence-corrected chi connectivity index (χ4v) is 2.07. The van der Waals surface area contributed by atoms with Gasteiger partial charge in [-0.1, -0.05) is 6.07 Å². The summed E-state index contributed by atoms with van der Waals surface area (Å²) in [5, 5.41) is 0. The van der Waals surface area contributed by atoms with Crippen molar-refractivity contribution >= 4 is 0 Å². The number of methoxy groups -OCH3 is 2. The van der Waals surface area contributed by atoms with Crippen LogP contribution in [-0.2, 0) is 0 Å². The lowest BCUT2D eigenvalue weighted by molar-refractivity contribution is 0.354. The van der Waals surface area contributed by atoms with E-state index in [1.807, 2.05) is 31.2 Å². The first-order chi connectivity index (χ1) is 9.17. The van der Waals surface area contributed by atoms with Gasteiger partial charge in [-0.05, 0) is 41.8 Å². The van der Waals surface area contributed by atoms with Crippen LogP contribution in [0.25, 0.3) is 0 Å². The van der Waals surface area contributed by atoms with Crippen LogP contribution in [0.3, 0.4) is 0 Å². The van der Waals surface area contributed by atoms with E-state index in [0.717, 1.165) is 16.7 Å². The number of nitrogens with two attached hydrogens (primary N) is 1. The van der Waals surface area contributed by atoms with Crippen molar-refractivity contribution in [2.75, 3.05) is 14.2 Å². The number of benzene rings is 1. The SMILES string of the molecule is COc1cc(C)c(C(N)c2cccnc2)cc1OC. The number of pyridine rings is 1. The van der Waals surface area contributed by atoms with Crippen molar-refractivity contribution < 1.29 is 9.47 Å². The molecule has 0 aliphatic heterocycles. The third kappa shape index (κ3) is 2.69. The van der Waals surface area contributed by atoms with Gasteiger partial charge in [0, 0.05) is 12.4 Å². The first-order valence-electron chi connectivity index (χ1n) is 6.05. The summed E-state index contributed by atoms with van der Waals surface area (Å²) >= 11 is 0. The Morgan fingerprint density at radius 2 is 1.84 bits per heavy atom. The number of ether oxygens (including phenoxy) is 2. The van der Waals surface area contributed by atoms with Crippen molar-refractivity contribution in [3.63, 3.8) is 0 Å². The van der Waals surface area contributed by atoms with Gasteiger partial charge in [-0.15, -0.1) is 0 Å². The minimum atomic E-state index is -0.228. The molecule has 1 aromatic heterocycles. The lowest BCUT2D eigenvalue weighted by atomic mass is 9.96. The number of rotatable bonds is 4. The molecule has 2 aromatic rings. The van der Waals surface area contributed by atoms with E-state index >= 15 is 0 Å². The highest BCUT2D eigenvalue weighted by Crippen LogP contribution is 2.33. The van der Waals surface area contributed by atoms with Gasteiger partial charge in [-0.2, -0.15) is 0 Å². The fourth-order valence-electron chi connectivity index (χ4n) is 2.07. The van der Waals surface area contributed by atoms with Crippen LogP contribution in [0.15, 0.2) is 36.7 Å². The van der Waals surface area contributed by atoms with Crippen molar-refractivity contribution in [1.29, 1.82) is 0 Å². The van der Waals surface area contributed by atoms with Gasteiger partial charge >= 0.3 is 0 Å². The van der Waals surface area contributed by atoms with Crippen LogP contribution in [0.2, 0.25) is 0 Å². The first kappa shape index (κ1) is 13.4. The Morgan fingerprint density at radius 3 is 2.42 bits per heavy atom. The van der Waals surface area contributed by atoms with E-state index < -0.39 is 0 Å². The van der Waals surface area contributed by atoms with Crippen LogP contribution >= 0.6 is 0 Å². The van der Waals surface area contributed by atoms with E-state index in [0.29, 0.717) is 11.5 Å². The summed E-state index contributed by atoms with van der Waals surface area (Å²) in [5.41, 5.74) is 9.34. The highest BCUT2D eigenvalue weighted by atomic mass is 16.5. The van der Waals surface area contributed by atoms with Crippen LogP contribution in [0.4, 0.5) is 0 Å². The standard InChI is InChI=1S/C15H18N2O2/c1-10-7-13(18-2)14(19-3)8-12(10)15(16)11-5-4-6-17-9-11/h4-9,15H,16H2,1-3H3. The molecule has 1 aromatic carbocycles. The predicted molar refractivity (Wildman–Crippen MR) is 74.6 cm³/mol. The van der Waals surface area contributed by atoms with Gasteiger partial charge in [0.05, 0.1) is 20.3 Å².